The summed E-state index contributed by atoms with van der Waals surface area (Å²) in [6.45, 7) is 0. The van der Waals surface area contributed by atoms with E-state index in [4.69, 9.17) is 0 Å². The van der Waals surface area contributed by atoms with E-state index in [2.05, 4.69) is 4.98 Å². The number of rotatable bonds is 9. The molecule has 6 heteroatoms. The molecule has 1 saturated carbocycles. The molecular formula is C22H25NO4S. The maximum absolute atomic E-state index is 12.2. The molecule has 0 amide bonds. The second-order valence-electron chi connectivity index (χ2n) is 7.08. The molecule has 1 aromatic heterocycles. The number of carbonyl (C=O) groups excluding carboxylic acids is 2. The van der Waals surface area contributed by atoms with Crippen molar-refractivity contribution < 1.29 is 19.8 Å². The summed E-state index contributed by atoms with van der Waals surface area (Å²) in [6, 6.07) is 7.71. The molecule has 0 bridgehead atoms. The molecule has 5 nitrogen and oxygen atoms in total. The third-order valence-electron chi connectivity index (χ3n) is 5.06. The van der Waals surface area contributed by atoms with E-state index in [-0.39, 0.29) is 24.0 Å². The Morgan fingerprint density at radius 3 is 2.86 bits per heavy atom. The van der Waals surface area contributed by atoms with Gasteiger partial charge >= 0.3 is 0 Å². The lowest BCUT2D eigenvalue weighted by atomic mass is 9.90. The number of benzene rings is 1. The molecular weight excluding hydrogens is 374 g/mol. The Balaban J connectivity index is 1.63. The number of hydrogen-bond acceptors (Lipinski definition) is 6. The summed E-state index contributed by atoms with van der Waals surface area (Å²) < 4.78 is 1.01. The Labute approximate surface area is 168 Å². The fourth-order valence-corrected chi connectivity index (χ4v) is 4.47. The van der Waals surface area contributed by atoms with Crippen LogP contribution < -0.4 is 0 Å². The lowest BCUT2D eigenvalue weighted by Gasteiger charge is -2.16. The minimum absolute atomic E-state index is 0.0502. The molecule has 0 aliphatic heterocycles. The fraction of sp³-hybridized carbons (Fsp3) is 0.409. The van der Waals surface area contributed by atoms with E-state index in [0.29, 0.717) is 17.8 Å². The SMILES string of the molecule is O=CCCC/C=C\C[C@H]1C(=O)C[C@@H](O)[C@@H]1/C=C/[C@@H](O)c1nc2ccccc2s1. The highest BCUT2D eigenvalue weighted by Crippen LogP contribution is 2.34. The van der Waals surface area contributed by atoms with Crippen molar-refractivity contribution in [2.24, 2.45) is 11.8 Å². The summed E-state index contributed by atoms with van der Waals surface area (Å²) in [5.74, 6) is -0.540. The average molecular weight is 400 g/mol. The number of Topliss-reactive ketones (excluding diaryl/α,β-unsaturated/α-hetero) is 1. The minimum atomic E-state index is -0.861. The van der Waals surface area contributed by atoms with Crippen molar-refractivity contribution in [2.45, 2.75) is 44.3 Å². The second-order valence-corrected chi connectivity index (χ2v) is 8.14. The van der Waals surface area contributed by atoms with E-state index in [0.717, 1.165) is 29.3 Å². The standard InChI is InChI=1S/C22H25NO4S/c24-13-7-3-1-2-4-8-15-16(20(27)14-19(15)26)11-12-18(25)22-23-17-9-5-6-10-21(17)28-22/h2,4-6,9-13,15-16,18,20,25,27H,1,3,7-8,14H2/b4-2-,12-11+/t15-,16-,18-,20-/m1/s1. The quantitative estimate of drug-likeness (QED) is 0.381. The number of unbranched alkanes of at least 4 members (excludes halogenated alkanes) is 2. The first-order chi connectivity index (χ1) is 13.6. The number of fused-ring (bicyclic) bond motifs is 1. The van der Waals surface area contributed by atoms with Crippen LogP contribution in [0.5, 0.6) is 0 Å². The highest BCUT2D eigenvalue weighted by Gasteiger charge is 2.39. The number of aliphatic hydroxyl groups excluding tert-OH is 2. The molecule has 3 rings (SSSR count). The number of thiazole rings is 1. The predicted molar refractivity (Wildman–Crippen MR) is 110 cm³/mol. The summed E-state index contributed by atoms with van der Waals surface area (Å²) in [6.07, 6.45) is 9.51. The van der Waals surface area contributed by atoms with Gasteiger partial charge in [-0.2, -0.15) is 0 Å². The number of aliphatic hydroxyl groups is 2. The summed E-state index contributed by atoms with van der Waals surface area (Å²) >= 11 is 1.44. The first-order valence-electron chi connectivity index (χ1n) is 9.61. The van der Waals surface area contributed by atoms with E-state index in [9.17, 15) is 19.8 Å². The second kappa shape index (κ2) is 9.87. The van der Waals surface area contributed by atoms with Crippen LogP contribution in [0.4, 0.5) is 0 Å². The normalized spacial score (nSPS) is 23.9. The van der Waals surface area contributed by atoms with Crippen molar-refractivity contribution in [3.63, 3.8) is 0 Å². The van der Waals surface area contributed by atoms with Gasteiger partial charge in [-0.3, -0.25) is 4.79 Å². The van der Waals surface area contributed by atoms with Crippen LogP contribution in [0.15, 0.2) is 48.6 Å². The van der Waals surface area contributed by atoms with Gasteiger partial charge < -0.3 is 15.0 Å². The lowest BCUT2D eigenvalue weighted by Crippen LogP contribution is -2.18. The number of nitrogens with zero attached hydrogens (tertiary/aromatic N) is 1. The first kappa shape index (κ1) is 20.6. The van der Waals surface area contributed by atoms with Gasteiger partial charge in [-0.15, -0.1) is 11.3 Å². The van der Waals surface area contributed by atoms with Crippen LogP contribution in [0.3, 0.4) is 0 Å². The zero-order valence-electron chi connectivity index (χ0n) is 15.6. The van der Waals surface area contributed by atoms with Crippen molar-refractivity contribution >= 4 is 33.6 Å². The smallest absolute Gasteiger partial charge is 0.139 e. The van der Waals surface area contributed by atoms with Gasteiger partial charge in [-0.1, -0.05) is 36.4 Å². The molecule has 0 saturated heterocycles. The Kier molecular flexibility index (Phi) is 7.25. The molecule has 4 atom stereocenters. The van der Waals surface area contributed by atoms with Gasteiger partial charge in [0.15, 0.2) is 0 Å². The van der Waals surface area contributed by atoms with Crippen LogP contribution in [0.2, 0.25) is 0 Å². The monoisotopic (exact) mass is 399 g/mol. The third kappa shape index (κ3) is 5.01. The minimum Gasteiger partial charge on any atom is -0.392 e. The van der Waals surface area contributed by atoms with Crippen LogP contribution in [0.1, 0.15) is 43.2 Å². The van der Waals surface area contributed by atoms with Crippen molar-refractivity contribution in [1.82, 2.24) is 4.98 Å². The molecule has 1 aliphatic rings. The number of ketones is 1. The van der Waals surface area contributed by atoms with E-state index in [1.54, 1.807) is 12.2 Å². The Bertz CT molecular complexity index is 839. The van der Waals surface area contributed by atoms with Crippen LogP contribution >= 0.6 is 11.3 Å². The van der Waals surface area contributed by atoms with E-state index in [1.165, 1.54) is 11.3 Å². The highest BCUT2D eigenvalue weighted by atomic mass is 32.1. The van der Waals surface area contributed by atoms with Crippen molar-refractivity contribution in [2.75, 3.05) is 0 Å². The number of aldehydes is 1. The highest BCUT2D eigenvalue weighted by molar-refractivity contribution is 7.18. The van der Waals surface area contributed by atoms with Gasteiger partial charge in [-0.05, 0) is 31.4 Å². The van der Waals surface area contributed by atoms with E-state index in [1.807, 2.05) is 36.4 Å². The molecule has 28 heavy (non-hydrogen) atoms. The molecule has 1 aliphatic carbocycles. The summed E-state index contributed by atoms with van der Waals surface area (Å²) in [4.78, 5) is 27.0. The number of aromatic nitrogens is 1. The van der Waals surface area contributed by atoms with Gasteiger partial charge in [0.25, 0.3) is 0 Å². The van der Waals surface area contributed by atoms with Crippen LogP contribution in [0.25, 0.3) is 10.2 Å². The molecule has 0 radical (unpaired) electrons. The van der Waals surface area contributed by atoms with Gasteiger partial charge in [0.05, 0.1) is 16.3 Å². The van der Waals surface area contributed by atoms with Crippen LogP contribution in [-0.4, -0.2) is 33.4 Å². The molecule has 0 spiro atoms. The summed E-state index contributed by atoms with van der Waals surface area (Å²) in [5.41, 5.74) is 0.851. The van der Waals surface area contributed by atoms with Crippen LogP contribution in [0, 0.1) is 11.8 Å². The first-order valence-corrected chi connectivity index (χ1v) is 10.4. The number of carbonyl (C=O) groups is 2. The Morgan fingerprint density at radius 1 is 1.25 bits per heavy atom. The molecule has 148 valence electrons. The zero-order chi connectivity index (χ0) is 19.9. The van der Waals surface area contributed by atoms with Crippen molar-refractivity contribution in [3.05, 3.63) is 53.6 Å². The number of allylic oxidation sites excluding steroid dienone is 2. The molecule has 1 fully saturated rings. The summed E-state index contributed by atoms with van der Waals surface area (Å²) in [7, 11) is 0. The molecule has 2 N–H and O–H groups in total. The Morgan fingerprint density at radius 2 is 2.07 bits per heavy atom. The van der Waals surface area contributed by atoms with Crippen molar-refractivity contribution in [3.8, 4) is 0 Å². The lowest BCUT2D eigenvalue weighted by molar-refractivity contribution is -0.121. The molecule has 1 aromatic carbocycles. The van der Waals surface area contributed by atoms with Gasteiger partial charge in [0.1, 0.15) is 23.2 Å². The fourth-order valence-electron chi connectivity index (χ4n) is 3.54. The van der Waals surface area contributed by atoms with E-state index >= 15 is 0 Å². The summed E-state index contributed by atoms with van der Waals surface area (Å²) in [5, 5.41) is 21.3. The van der Waals surface area contributed by atoms with Gasteiger partial charge in [0.2, 0.25) is 0 Å². The third-order valence-corrected chi connectivity index (χ3v) is 6.17. The molecule has 2 aromatic rings. The maximum atomic E-state index is 12.2. The van der Waals surface area contributed by atoms with Gasteiger partial charge in [0, 0.05) is 24.7 Å². The Hall–Kier alpha value is -2.15. The van der Waals surface area contributed by atoms with E-state index < -0.39 is 12.2 Å². The van der Waals surface area contributed by atoms with Crippen molar-refractivity contribution in [1.29, 1.82) is 0 Å². The molecule has 1 heterocycles. The average Bonchev–Trinajstić information content (AvgIpc) is 3.23. The van der Waals surface area contributed by atoms with Crippen LogP contribution in [-0.2, 0) is 9.59 Å². The topological polar surface area (TPSA) is 87.5 Å². The zero-order valence-corrected chi connectivity index (χ0v) is 16.4. The largest absolute Gasteiger partial charge is 0.392 e. The maximum Gasteiger partial charge on any atom is 0.139 e. The van der Waals surface area contributed by atoms with Gasteiger partial charge in [-0.25, -0.2) is 4.98 Å². The number of para-hydroxylation sites is 1. The molecule has 0 unspecified atom stereocenters. The number of hydrogen-bond donors (Lipinski definition) is 2. The predicted octanol–water partition coefficient (Wildman–Crippen LogP) is 3.77.